The summed E-state index contributed by atoms with van der Waals surface area (Å²) >= 11 is 0. The average molecular weight is 230 g/mol. The SMILES string of the molecule is O=C(O)C1(Cc2c(F)cc(F)cc2F)CC1. The number of aliphatic carboxylic acids is 1. The molecule has 0 spiro atoms. The number of halogens is 3. The summed E-state index contributed by atoms with van der Waals surface area (Å²) in [6.45, 7) is 0. The minimum absolute atomic E-state index is 0.222. The summed E-state index contributed by atoms with van der Waals surface area (Å²) in [6, 6.07) is 1.13. The smallest absolute Gasteiger partial charge is 0.309 e. The van der Waals surface area contributed by atoms with Gasteiger partial charge in [0, 0.05) is 17.7 Å². The lowest BCUT2D eigenvalue weighted by Crippen LogP contribution is -2.19. The minimum atomic E-state index is -1.06. The normalized spacial score (nSPS) is 17.2. The molecule has 0 atom stereocenters. The molecule has 2 rings (SSSR count). The third kappa shape index (κ3) is 1.77. The van der Waals surface area contributed by atoms with E-state index in [1.165, 1.54) is 0 Å². The number of carbonyl (C=O) groups is 1. The summed E-state index contributed by atoms with van der Waals surface area (Å²) in [4.78, 5) is 10.9. The predicted octanol–water partition coefficient (Wildman–Crippen LogP) is 2.51. The molecule has 1 N–H and O–H groups in total. The second-order valence-corrected chi connectivity index (χ2v) is 4.11. The quantitative estimate of drug-likeness (QED) is 0.866. The van der Waals surface area contributed by atoms with Crippen molar-refractivity contribution in [1.29, 1.82) is 0 Å². The highest BCUT2D eigenvalue weighted by Gasteiger charge is 2.50. The monoisotopic (exact) mass is 230 g/mol. The van der Waals surface area contributed by atoms with Crippen LogP contribution in [-0.2, 0) is 11.2 Å². The number of hydrogen-bond acceptors (Lipinski definition) is 1. The lowest BCUT2D eigenvalue weighted by molar-refractivity contribution is -0.143. The van der Waals surface area contributed by atoms with E-state index >= 15 is 0 Å². The Labute approximate surface area is 89.7 Å². The number of hydrogen-bond donors (Lipinski definition) is 1. The second-order valence-electron chi connectivity index (χ2n) is 4.11. The van der Waals surface area contributed by atoms with Gasteiger partial charge in [-0.2, -0.15) is 0 Å². The predicted molar refractivity (Wildman–Crippen MR) is 49.3 cm³/mol. The molecule has 0 aromatic heterocycles. The van der Waals surface area contributed by atoms with E-state index in [4.69, 9.17) is 5.11 Å². The minimum Gasteiger partial charge on any atom is -0.481 e. The van der Waals surface area contributed by atoms with Crippen LogP contribution in [0.25, 0.3) is 0 Å². The summed E-state index contributed by atoms with van der Waals surface area (Å²) in [5.74, 6) is -4.11. The van der Waals surface area contributed by atoms with Crippen LogP contribution < -0.4 is 0 Å². The Morgan fingerprint density at radius 2 is 1.75 bits per heavy atom. The third-order valence-corrected chi connectivity index (χ3v) is 2.93. The summed E-state index contributed by atoms with van der Waals surface area (Å²) in [5, 5.41) is 8.88. The van der Waals surface area contributed by atoms with Gasteiger partial charge in [0.15, 0.2) is 0 Å². The van der Waals surface area contributed by atoms with E-state index in [1.807, 2.05) is 0 Å². The summed E-state index contributed by atoms with van der Waals surface area (Å²) < 4.78 is 39.1. The zero-order valence-corrected chi connectivity index (χ0v) is 8.27. The van der Waals surface area contributed by atoms with Gasteiger partial charge in [0.05, 0.1) is 5.41 Å². The van der Waals surface area contributed by atoms with Crippen LogP contribution >= 0.6 is 0 Å². The van der Waals surface area contributed by atoms with Gasteiger partial charge >= 0.3 is 5.97 Å². The van der Waals surface area contributed by atoms with Crippen LogP contribution in [0, 0.1) is 22.9 Å². The van der Waals surface area contributed by atoms with Gasteiger partial charge in [0.25, 0.3) is 0 Å². The highest BCUT2D eigenvalue weighted by Crippen LogP contribution is 2.49. The van der Waals surface area contributed by atoms with E-state index in [0.29, 0.717) is 25.0 Å². The van der Waals surface area contributed by atoms with Crippen molar-refractivity contribution in [2.75, 3.05) is 0 Å². The Balaban J connectivity index is 2.32. The largest absolute Gasteiger partial charge is 0.481 e. The van der Waals surface area contributed by atoms with Crippen molar-refractivity contribution in [2.45, 2.75) is 19.3 Å². The van der Waals surface area contributed by atoms with Crippen molar-refractivity contribution >= 4 is 5.97 Å². The van der Waals surface area contributed by atoms with Crippen LogP contribution in [0.3, 0.4) is 0 Å². The average Bonchev–Trinajstić information content (AvgIpc) is 2.92. The van der Waals surface area contributed by atoms with E-state index in [9.17, 15) is 18.0 Å². The second kappa shape index (κ2) is 3.50. The molecule has 1 fully saturated rings. The van der Waals surface area contributed by atoms with Gasteiger partial charge in [0.1, 0.15) is 17.5 Å². The Bertz CT molecular complexity index is 430. The van der Waals surface area contributed by atoms with E-state index < -0.39 is 28.8 Å². The molecule has 2 nitrogen and oxygen atoms in total. The first kappa shape index (κ1) is 11.0. The molecular weight excluding hydrogens is 221 g/mol. The van der Waals surface area contributed by atoms with Crippen LogP contribution in [0.5, 0.6) is 0 Å². The molecule has 0 amide bonds. The van der Waals surface area contributed by atoms with Crippen LogP contribution in [0.4, 0.5) is 13.2 Å². The molecule has 1 aliphatic rings. The molecule has 0 heterocycles. The number of benzene rings is 1. The summed E-state index contributed by atoms with van der Waals surface area (Å²) in [6.07, 6.45) is 0.581. The number of rotatable bonds is 3. The Morgan fingerprint density at radius 1 is 1.25 bits per heavy atom. The van der Waals surface area contributed by atoms with Gasteiger partial charge in [-0.1, -0.05) is 0 Å². The fourth-order valence-corrected chi connectivity index (χ4v) is 1.70. The first-order chi connectivity index (χ1) is 7.44. The van der Waals surface area contributed by atoms with E-state index in [-0.39, 0.29) is 12.0 Å². The third-order valence-electron chi connectivity index (χ3n) is 2.93. The van der Waals surface area contributed by atoms with E-state index in [2.05, 4.69) is 0 Å². The van der Waals surface area contributed by atoms with Gasteiger partial charge in [0.2, 0.25) is 0 Å². The molecule has 0 bridgehead atoms. The Morgan fingerprint density at radius 3 is 2.12 bits per heavy atom. The lowest BCUT2D eigenvalue weighted by Gasteiger charge is -2.11. The zero-order chi connectivity index (χ0) is 11.9. The van der Waals surface area contributed by atoms with Crippen LogP contribution in [0.15, 0.2) is 12.1 Å². The maximum absolute atomic E-state index is 13.3. The summed E-state index contributed by atoms with van der Waals surface area (Å²) in [7, 11) is 0. The highest BCUT2D eigenvalue weighted by atomic mass is 19.1. The highest BCUT2D eigenvalue weighted by molar-refractivity contribution is 5.78. The van der Waals surface area contributed by atoms with Crippen LogP contribution in [0.2, 0.25) is 0 Å². The fourth-order valence-electron chi connectivity index (χ4n) is 1.70. The van der Waals surface area contributed by atoms with Crippen molar-refractivity contribution in [3.8, 4) is 0 Å². The van der Waals surface area contributed by atoms with Crippen LogP contribution in [0.1, 0.15) is 18.4 Å². The lowest BCUT2D eigenvalue weighted by atomic mass is 9.96. The molecule has 0 aliphatic heterocycles. The Hall–Kier alpha value is -1.52. The van der Waals surface area contributed by atoms with Gasteiger partial charge < -0.3 is 5.11 Å². The number of carboxylic acids is 1. The van der Waals surface area contributed by atoms with E-state index in [0.717, 1.165) is 0 Å². The maximum Gasteiger partial charge on any atom is 0.309 e. The molecule has 0 radical (unpaired) electrons. The van der Waals surface area contributed by atoms with Crippen molar-refractivity contribution in [3.63, 3.8) is 0 Å². The molecule has 0 saturated heterocycles. The first-order valence-corrected chi connectivity index (χ1v) is 4.81. The standard InChI is InChI=1S/C11H9F3O2/c12-6-3-8(13)7(9(14)4-6)5-11(1-2-11)10(15)16/h3-4H,1-2,5H2,(H,15,16). The molecule has 0 unspecified atom stereocenters. The molecule has 1 aliphatic carbocycles. The fraction of sp³-hybridized carbons (Fsp3) is 0.364. The van der Waals surface area contributed by atoms with Crippen molar-refractivity contribution < 1.29 is 23.1 Å². The van der Waals surface area contributed by atoms with Crippen LogP contribution in [-0.4, -0.2) is 11.1 Å². The first-order valence-electron chi connectivity index (χ1n) is 4.81. The molecule has 5 heteroatoms. The van der Waals surface area contributed by atoms with Gasteiger partial charge in [-0.15, -0.1) is 0 Å². The summed E-state index contributed by atoms with van der Waals surface area (Å²) in [5.41, 5.74) is -1.40. The van der Waals surface area contributed by atoms with Gasteiger partial charge in [-0.3, -0.25) is 4.79 Å². The molecular formula is C11H9F3O2. The Kier molecular flexibility index (Phi) is 2.40. The zero-order valence-electron chi connectivity index (χ0n) is 8.27. The maximum atomic E-state index is 13.3. The molecule has 16 heavy (non-hydrogen) atoms. The molecule has 1 aromatic rings. The van der Waals surface area contributed by atoms with Crippen molar-refractivity contribution in [1.82, 2.24) is 0 Å². The number of carboxylic acid groups (broad SMARTS) is 1. The van der Waals surface area contributed by atoms with Crippen molar-refractivity contribution in [2.24, 2.45) is 5.41 Å². The van der Waals surface area contributed by atoms with Crippen molar-refractivity contribution in [3.05, 3.63) is 35.1 Å². The van der Waals surface area contributed by atoms with E-state index in [1.54, 1.807) is 0 Å². The van der Waals surface area contributed by atoms with Gasteiger partial charge in [-0.25, -0.2) is 13.2 Å². The molecule has 1 saturated carbocycles. The molecule has 86 valence electrons. The molecule has 1 aromatic carbocycles. The van der Waals surface area contributed by atoms with Gasteiger partial charge in [-0.05, 0) is 19.3 Å². The topological polar surface area (TPSA) is 37.3 Å².